The number of carbonyl (C=O) groups excluding carboxylic acids is 1. The summed E-state index contributed by atoms with van der Waals surface area (Å²) in [5.41, 5.74) is 1.21. The summed E-state index contributed by atoms with van der Waals surface area (Å²) in [5.74, 6) is 0.885. The molecule has 1 amide bonds. The fourth-order valence-corrected chi connectivity index (χ4v) is 2.75. The first-order chi connectivity index (χ1) is 14.0. The second-order valence-corrected chi connectivity index (χ2v) is 5.89. The first-order valence-corrected chi connectivity index (χ1v) is 8.73. The molecule has 0 aromatic heterocycles. The molecule has 0 fully saturated rings. The van der Waals surface area contributed by atoms with Crippen LogP contribution in [0.15, 0.2) is 53.1 Å². The average molecular weight is 397 g/mol. The van der Waals surface area contributed by atoms with Gasteiger partial charge in [-0.3, -0.25) is 14.9 Å². The van der Waals surface area contributed by atoms with Crippen LogP contribution in [0.1, 0.15) is 12.5 Å². The van der Waals surface area contributed by atoms with Gasteiger partial charge in [0.15, 0.2) is 0 Å². The highest BCUT2D eigenvalue weighted by molar-refractivity contribution is 6.30. The minimum Gasteiger partial charge on any atom is -0.497 e. The van der Waals surface area contributed by atoms with Gasteiger partial charge in [0.2, 0.25) is 5.90 Å². The lowest BCUT2D eigenvalue weighted by atomic mass is 10.1. The molecule has 0 spiro atoms. The van der Waals surface area contributed by atoms with Gasteiger partial charge in [-0.15, -0.1) is 5.10 Å². The molecule has 0 saturated heterocycles. The Balaban J connectivity index is 1.99. The molecular weight excluding hydrogens is 378 g/mol. The summed E-state index contributed by atoms with van der Waals surface area (Å²) in [6, 6.07) is 10.8. The summed E-state index contributed by atoms with van der Waals surface area (Å²) >= 11 is 0. The number of carbonyl (C=O) groups is 1. The first kappa shape index (κ1) is 19.9. The van der Waals surface area contributed by atoms with E-state index >= 15 is 0 Å². The molecule has 1 aliphatic heterocycles. The van der Waals surface area contributed by atoms with E-state index in [9.17, 15) is 14.9 Å². The number of nitro groups is 1. The largest absolute Gasteiger partial charge is 0.497 e. The molecule has 0 bridgehead atoms. The van der Waals surface area contributed by atoms with Crippen LogP contribution in [0.5, 0.6) is 11.5 Å². The van der Waals surface area contributed by atoms with Crippen LogP contribution >= 0.6 is 0 Å². The van der Waals surface area contributed by atoms with E-state index < -0.39 is 10.8 Å². The fourth-order valence-electron chi connectivity index (χ4n) is 2.75. The highest BCUT2D eigenvalue weighted by atomic mass is 16.6. The molecule has 0 saturated carbocycles. The molecule has 1 aliphatic rings. The van der Waals surface area contributed by atoms with Gasteiger partial charge in [0.25, 0.3) is 11.6 Å². The molecule has 0 aliphatic carbocycles. The van der Waals surface area contributed by atoms with E-state index in [-0.39, 0.29) is 17.2 Å². The molecule has 0 unspecified atom stereocenters. The zero-order chi connectivity index (χ0) is 21.0. The third-order valence-corrected chi connectivity index (χ3v) is 4.17. The Bertz CT molecular complexity index is 998. The Labute approximate surface area is 166 Å². The topological polar surface area (TPSA) is 104 Å². The van der Waals surface area contributed by atoms with E-state index in [0.29, 0.717) is 29.4 Å². The van der Waals surface area contributed by atoms with Crippen LogP contribution in [0.25, 0.3) is 6.08 Å². The van der Waals surface area contributed by atoms with E-state index in [1.54, 1.807) is 38.3 Å². The number of benzene rings is 2. The van der Waals surface area contributed by atoms with Crippen molar-refractivity contribution in [3.8, 4) is 11.5 Å². The summed E-state index contributed by atoms with van der Waals surface area (Å²) in [6.45, 7) is 2.10. The van der Waals surface area contributed by atoms with Gasteiger partial charge >= 0.3 is 0 Å². The first-order valence-electron chi connectivity index (χ1n) is 8.73. The van der Waals surface area contributed by atoms with E-state index in [1.807, 2.05) is 0 Å². The predicted octanol–water partition coefficient (Wildman–Crippen LogP) is 3.39. The van der Waals surface area contributed by atoms with E-state index in [4.69, 9.17) is 14.2 Å². The van der Waals surface area contributed by atoms with Crippen LogP contribution in [0.4, 0.5) is 11.4 Å². The summed E-state index contributed by atoms with van der Waals surface area (Å²) in [5, 5.41) is 16.2. The minimum absolute atomic E-state index is 0.0758. The summed E-state index contributed by atoms with van der Waals surface area (Å²) in [7, 11) is 3.07. The smallest absolute Gasteiger partial charge is 0.284 e. The third kappa shape index (κ3) is 4.03. The van der Waals surface area contributed by atoms with Crippen molar-refractivity contribution in [2.24, 2.45) is 5.10 Å². The number of hydrogen-bond donors (Lipinski definition) is 0. The molecule has 2 aromatic rings. The lowest BCUT2D eigenvalue weighted by Crippen LogP contribution is -2.21. The molecule has 150 valence electrons. The predicted molar refractivity (Wildman–Crippen MR) is 107 cm³/mol. The van der Waals surface area contributed by atoms with Crippen molar-refractivity contribution in [1.82, 2.24) is 0 Å². The number of rotatable bonds is 6. The van der Waals surface area contributed by atoms with Crippen molar-refractivity contribution in [2.45, 2.75) is 6.92 Å². The standard InChI is InChI=1S/C20H19N3O6/c1-4-29-19-17(11-13-5-10-16(27-2)12-18(13)28-3)20(24)22(21-19)14-6-8-15(9-7-14)23(25)26/h5-12H,4H2,1-3H3/b17-11+. The monoisotopic (exact) mass is 397 g/mol. The number of hydrazone groups is 1. The second kappa shape index (κ2) is 8.42. The van der Waals surface area contributed by atoms with Crippen LogP contribution in [0, 0.1) is 10.1 Å². The number of hydrogen-bond acceptors (Lipinski definition) is 7. The van der Waals surface area contributed by atoms with Crippen molar-refractivity contribution in [2.75, 3.05) is 25.8 Å². The Morgan fingerprint density at radius 1 is 1.14 bits per heavy atom. The van der Waals surface area contributed by atoms with Crippen LogP contribution < -0.4 is 14.5 Å². The Kier molecular flexibility index (Phi) is 5.77. The van der Waals surface area contributed by atoms with Gasteiger partial charge in [-0.25, -0.2) is 0 Å². The van der Waals surface area contributed by atoms with Crippen LogP contribution in [-0.4, -0.2) is 37.6 Å². The Morgan fingerprint density at radius 3 is 2.45 bits per heavy atom. The van der Waals surface area contributed by atoms with Gasteiger partial charge in [-0.05, 0) is 37.3 Å². The van der Waals surface area contributed by atoms with Crippen LogP contribution in [-0.2, 0) is 9.53 Å². The molecule has 2 aromatic carbocycles. The summed E-state index contributed by atoms with van der Waals surface area (Å²) < 4.78 is 16.1. The van der Waals surface area contributed by atoms with E-state index in [0.717, 1.165) is 5.01 Å². The second-order valence-electron chi connectivity index (χ2n) is 5.89. The molecule has 0 radical (unpaired) electrons. The lowest BCUT2D eigenvalue weighted by molar-refractivity contribution is -0.384. The van der Waals surface area contributed by atoms with Crippen LogP contribution in [0.3, 0.4) is 0 Å². The number of anilines is 1. The molecule has 29 heavy (non-hydrogen) atoms. The number of non-ortho nitro benzene ring substituents is 1. The van der Waals surface area contributed by atoms with Crippen molar-refractivity contribution < 1.29 is 23.9 Å². The Hall–Kier alpha value is -3.88. The number of methoxy groups -OCH3 is 2. The highest BCUT2D eigenvalue weighted by Crippen LogP contribution is 2.30. The maximum Gasteiger partial charge on any atom is 0.284 e. The van der Waals surface area contributed by atoms with E-state index in [1.165, 1.54) is 31.4 Å². The molecule has 1 heterocycles. The zero-order valence-corrected chi connectivity index (χ0v) is 16.1. The molecule has 0 atom stereocenters. The van der Waals surface area contributed by atoms with Gasteiger partial charge in [0, 0.05) is 23.8 Å². The lowest BCUT2D eigenvalue weighted by Gasteiger charge is -2.11. The maximum absolute atomic E-state index is 13.0. The van der Waals surface area contributed by atoms with Crippen molar-refractivity contribution in [1.29, 1.82) is 0 Å². The van der Waals surface area contributed by atoms with Gasteiger partial charge < -0.3 is 14.2 Å². The van der Waals surface area contributed by atoms with Gasteiger partial charge in [-0.2, -0.15) is 5.01 Å². The molecule has 9 heteroatoms. The number of nitrogens with zero attached hydrogens (tertiary/aromatic N) is 3. The quantitative estimate of drug-likeness (QED) is 0.420. The molecule has 3 rings (SSSR count). The minimum atomic E-state index is -0.508. The van der Waals surface area contributed by atoms with Gasteiger partial charge in [0.05, 0.1) is 31.4 Å². The molecule has 9 nitrogen and oxygen atoms in total. The van der Waals surface area contributed by atoms with Crippen LogP contribution in [0.2, 0.25) is 0 Å². The molecule has 0 N–H and O–H groups in total. The Morgan fingerprint density at radius 2 is 1.86 bits per heavy atom. The normalized spacial score (nSPS) is 14.7. The average Bonchev–Trinajstić information content (AvgIpc) is 3.04. The number of amides is 1. The van der Waals surface area contributed by atoms with Crippen molar-refractivity contribution in [3.63, 3.8) is 0 Å². The maximum atomic E-state index is 13.0. The SMILES string of the molecule is CCOC1=NN(c2ccc([N+](=O)[O-])cc2)C(=O)/C1=C/c1ccc(OC)cc1OC. The summed E-state index contributed by atoms with van der Waals surface area (Å²) in [4.78, 5) is 23.3. The van der Waals surface area contributed by atoms with E-state index in [2.05, 4.69) is 5.10 Å². The van der Waals surface area contributed by atoms with Crippen molar-refractivity contribution >= 4 is 29.3 Å². The fraction of sp³-hybridized carbons (Fsp3) is 0.200. The highest BCUT2D eigenvalue weighted by Gasteiger charge is 2.33. The number of ether oxygens (including phenoxy) is 3. The number of nitro benzene ring substituents is 1. The van der Waals surface area contributed by atoms with Crippen molar-refractivity contribution in [3.05, 3.63) is 63.7 Å². The molecular formula is C20H19N3O6. The van der Waals surface area contributed by atoms with Gasteiger partial charge in [0.1, 0.15) is 17.1 Å². The third-order valence-electron chi connectivity index (χ3n) is 4.17. The zero-order valence-electron chi connectivity index (χ0n) is 16.1. The van der Waals surface area contributed by atoms with Gasteiger partial charge in [-0.1, -0.05) is 0 Å². The summed E-state index contributed by atoms with van der Waals surface area (Å²) in [6.07, 6.45) is 1.63.